The number of phenolic OH excluding ortho intramolecular Hbond substituents is 3. The van der Waals surface area contributed by atoms with Gasteiger partial charge in [-0.3, -0.25) is 4.79 Å². The number of carbonyl (C=O) groups excluding carboxylic acids is 1. The Morgan fingerprint density at radius 3 is 1.70 bits per heavy atom. The van der Waals surface area contributed by atoms with Crippen LogP contribution in [-0.4, -0.2) is 35.8 Å². The molecule has 0 spiro atoms. The van der Waals surface area contributed by atoms with Gasteiger partial charge in [0, 0.05) is 0 Å². The standard InChI is InChI=1S/C9H10O3.C8H10O2.C7H8O/c1-6-3-7(5-10)9(11)8(4-6)12-2;1-6-3-4-7(9)8(5-6)10-2;1-6-2-4-7(8)5-3-6/h3-5,11H,1-2H3;3-5,9H,1-2H3;2-5,8H,1H3. The second-order valence-corrected chi connectivity index (χ2v) is 6.53. The highest BCUT2D eigenvalue weighted by molar-refractivity contribution is 5.81. The van der Waals surface area contributed by atoms with Gasteiger partial charge in [0.25, 0.3) is 0 Å². The van der Waals surface area contributed by atoms with Crippen molar-refractivity contribution in [1.82, 2.24) is 0 Å². The number of hydrogen-bond acceptors (Lipinski definition) is 6. The fourth-order valence-electron chi connectivity index (χ4n) is 2.35. The summed E-state index contributed by atoms with van der Waals surface area (Å²) < 4.78 is 9.74. The van der Waals surface area contributed by atoms with E-state index in [0.29, 0.717) is 23.5 Å². The topological polar surface area (TPSA) is 96.2 Å². The normalized spacial score (nSPS) is 9.37. The third-order valence-corrected chi connectivity index (χ3v) is 3.96. The van der Waals surface area contributed by atoms with Gasteiger partial charge in [-0.1, -0.05) is 23.8 Å². The van der Waals surface area contributed by atoms with E-state index in [-0.39, 0.29) is 17.1 Å². The summed E-state index contributed by atoms with van der Waals surface area (Å²) in [5.74, 6) is 1.28. The van der Waals surface area contributed by atoms with Gasteiger partial charge in [-0.25, -0.2) is 0 Å². The number of carbonyl (C=O) groups is 1. The molecule has 0 radical (unpaired) electrons. The fraction of sp³-hybridized carbons (Fsp3) is 0.208. The molecule has 6 nitrogen and oxygen atoms in total. The summed E-state index contributed by atoms with van der Waals surface area (Å²) in [6.45, 7) is 5.76. The van der Waals surface area contributed by atoms with Crippen LogP contribution in [0.1, 0.15) is 27.0 Å². The lowest BCUT2D eigenvalue weighted by Gasteiger charge is -2.05. The van der Waals surface area contributed by atoms with Crippen LogP contribution in [0.25, 0.3) is 0 Å². The van der Waals surface area contributed by atoms with Gasteiger partial charge < -0.3 is 24.8 Å². The zero-order valence-corrected chi connectivity index (χ0v) is 17.8. The second kappa shape index (κ2) is 12.0. The van der Waals surface area contributed by atoms with E-state index in [1.807, 2.05) is 39.0 Å². The Morgan fingerprint density at radius 1 is 0.700 bits per heavy atom. The van der Waals surface area contributed by atoms with Gasteiger partial charge in [0.2, 0.25) is 0 Å². The van der Waals surface area contributed by atoms with Gasteiger partial charge >= 0.3 is 0 Å². The van der Waals surface area contributed by atoms with Crippen LogP contribution in [0, 0.1) is 20.8 Å². The molecule has 3 aromatic carbocycles. The molecule has 0 atom stereocenters. The molecule has 0 saturated heterocycles. The lowest BCUT2D eigenvalue weighted by molar-refractivity contribution is 0.112. The number of rotatable bonds is 3. The van der Waals surface area contributed by atoms with Crippen molar-refractivity contribution in [3.05, 3.63) is 76.9 Å². The molecule has 0 saturated carbocycles. The van der Waals surface area contributed by atoms with Crippen molar-refractivity contribution in [2.24, 2.45) is 0 Å². The molecule has 30 heavy (non-hydrogen) atoms. The van der Waals surface area contributed by atoms with Gasteiger partial charge in [-0.05, 0) is 68.3 Å². The molecular formula is C24H28O6. The molecule has 0 aliphatic rings. The molecular weight excluding hydrogens is 384 g/mol. The summed E-state index contributed by atoms with van der Waals surface area (Å²) >= 11 is 0. The zero-order valence-electron chi connectivity index (χ0n) is 17.8. The van der Waals surface area contributed by atoms with Crippen LogP contribution in [0.2, 0.25) is 0 Å². The predicted molar refractivity (Wildman–Crippen MR) is 117 cm³/mol. The highest BCUT2D eigenvalue weighted by Gasteiger charge is 2.07. The third kappa shape index (κ3) is 7.75. The SMILES string of the molecule is COc1cc(C)cc(C=O)c1O.COc1cc(C)ccc1O.Cc1ccc(O)cc1. The molecule has 0 aliphatic carbocycles. The van der Waals surface area contributed by atoms with Crippen molar-refractivity contribution in [3.8, 4) is 28.7 Å². The molecule has 3 N–H and O–H groups in total. The van der Waals surface area contributed by atoms with Gasteiger partial charge in [-0.2, -0.15) is 0 Å². The molecule has 0 heterocycles. The number of aldehydes is 1. The first-order valence-electron chi connectivity index (χ1n) is 9.13. The largest absolute Gasteiger partial charge is 0.508 e. The molecule has 0 fully saturated rings. The van der Waals surface area contributed by atoms with Crippen molar-refractivity contribution in [1.29, 1.82) is 0 Å². The molecule has 0 bridgehead atoms. The maximum atomic E-state index is 10.4. The molecule has 3 rings (SSSR count). The van der Waals surface area contributed by atoms with E-state index in [1.54, 1.807) is 36.4 Å². The zero-order chi connectivity index (χ0) is 22.7. The number of ether oxygens (including phenoxy) is 2. The van der Waals surface area contributed by atoms with Crippen molar-refractivity contribution in [2.45, 2.75) is 20.8 Å². The number of phenols is 3. The summed E-state index contributed by atoms with van der Waals surface area (Å²) in [7, 11) is 2.98. The number of hydrogen-bond donors (Lipinski definition) is 3. The van der Waals surface area contributed by atoms with Gasteiger partial charge in [-0.15, -0.1) is 0 Å². The van der Waals surface area contributed by atoms with Crippen molar-refractivity contribution in [2.75, 3.05) is 14.2 Å². The lowest BCUT2D eigenvalue weighted by Crippen LogP contribution is -1.89. The van der Waals surface area contributed by atoms with Crippen LogP contribution in [0.5, 0.6) is 28.7 Å². The molecule has 0 unspecified atom stereocenters. The van der Waals surface area contributed by atoms with E-state index < -0.39 is 0 Å². The van der Waals surface area contributed by atoms with Crippen molar-refractivity contribution in [3.63, 3.8) is 0 Å². The second-order valence-electron chi connectivity index (χ2n) is 6.53. The molecule has 0 aromatic heterocycles. The minimum atomic E-state index is -0.0990. The monoisotopic (exact) mass is 412 g/mol. The van der Waals surface area contributed by atoms with E-state index in [1.165, 1.54) is 19.8 Å². The Hall–Kier alpha value is -3.67. The van der Waals surface area contributed by atoms with Crippen LogP contribution in [0.3, 0.4) is 0 Å². The number of aromatic hydroxyl groups is 3. The van der Waals surface area contributed by atoms with E-state index >= 15 is 0 Å². The summed E-state index contributed by atoms with van der Waals surface area (Å²) in [6.07, 6.45) is 0.602. The highest BCUT2D eigenvalue weighted by atomic mass is 16.5. The van der Waals surface area contributed by atoms with E-state index in [4.69, 9.17) is 19.7 Å². The smallest absolute Gasteiger partial charge is 0.168 e. The van der Waals surface area contributed by atoms with E-state index in [0.717, 1.165) is 11.1 Å². The van der Waals surface area contributed by atoms with Gasteiger partial charge in [0.1, 0.15) is 5.75 Å². The minimum absolute atomic E-state index is 0.0990. The molecule has 160 valence electrons. The Kier molecular flexibility index (Phi) is 9.76. The first-order valence-corrected chi connectivity index (χ1v) is 9.13. The quantitative estimate of drug-likeness (QED) is 0.528. The molecule has 0 amide bonds. The number of benzene rings is 3. The number of aryl methyl sites for hydroxylation is 3. The van der Waals surface area contributed by atoms with Gasteiger partial charge in [0.15, 0.2) is 29.3 Å². The van der Waals surface area contributed by atoms with Crippen LogP contribution < -0.4 is 9.47 Å². The average molecular weight is 412 g/mol. The van der Waals surface area contributed by atoms with Crippen LogP contribution >= 0.6 is 0 Å². The first kappa shape index (κ1) is 24.4. The summed E-state index contributed by atoms with van der Waals surface area (Å²) in [6, 6.07) is 15.6. The Morgan fingerprint density at radius 2 is 1.23 bits per heavy atom. The maximum Gasteiger partial charge on any atom is 0.168 e. The maximum absolute atomic E-state index is 10.4. The van der Waals surface area contributed by atoms with Crippen molar-refractivity contribution >= 4 is 6.29 Å². The lowest BCUT2D eigenvalue weighted by atomic mass is 10.1. The predicted octanol–water partition coefficient (Wildman–Crippen LogP) is 4.93. The van der Waals surface area contributed by atoms with E-state index in [2.05, 4.69) is 0 Å². The number of methoxy groups -OCH3 is 2. The fourth-order valence-corrected chi connectivity index (χ4v) is 2.35. The molecule has 3 aromatic rings. The van der Waals surface area contributed by atoms with E-state index in [9.17, 15) is 9.90 Å². The van der Waals surface area contributed by atoms with Crippen LogP contribution in [0.4, 0.5) is 0 Å². The summed E-state index contributed by atoms with van der Waals surface area (Å²) in [5.41, 5.74) is 3.39. The third-order valence-electron chi connectivity index (χ3n) is 3.96. The molecule has 6 heteroatoms. The van der Waals surface area contributed by atoms with Crippen molar-refractivity contribution < 1.29 is 29.6 Å². The average Bonchev–Trinajstić information content (AvgIpc) is 2.74. The first-order chi connectivity index (χ1) is 14.2. The van der Waals surface area contributed by atoms with Crippen LogP contribution in [0.15, 0.2) is 54.6 Å². The summed E-state index contributed by atoms with van der Waals surface area (Å²) in [5, 5.41) is 27.2. The summed E-state index contributed by atoms with van der Waals surface area (Å²) in [4.78, 5) is 10.4. The highest BCUT2D eigenvalue weighted by Crippen LogP contribution is 2.29. The minimum Gasteiger partial charge on any atom is -0.508 e. The Bertz CT molecular complexity index is 928. The van der Waals surface area contributed by atoms with Gasteiger partial charge in [0.05, 0.1) is 19.8 Å². The Labute approximate surface area is 177 Å². The Balaban J connectivity index is 0.000000230. The van der Waals surface area contributed by atoms with Crippen LogP contribution in [-0.2, 0) is 0 Å². The molecule has 0 aliphatic heterocycles.